The van der Waals surface area contributed by atoms with Crippen LogP contribution in [0.25, 0.3) is 0 Å². The summed E-state index contributed by atoms with van der Waals surface area (Å²) in [5.41, 5.74) is 2.51. The van der Waals surface area contributed by atoms with Crippen LogP contribution in [0.3, 0.4) is 0 Å². The average molecular weight is 476 g/mol. The molecule has 170 valence electrons. The number of amides is 2. The zero-order chi connectivity index (χ0) is 22.7. The Morgan fingerprint density at radius 1 is 1.12 bits per heavy atom. The molecule has 2 heterocycles. The predicted octanol–water partition coefficient (Wildman–Crippen LogP) is 3.13. The Kier molecular flexibility index (Phi) is 6.83. The van der Waals surface area contributed by atoms with Gasteiger partial charge in [-0.05, 0) is 73.6 Å². The molecule has 9 heteroatoms. The second-order valence-corrected chi connectivity index (χ2v) is 10.5. The average Bonchev–Trinajstić information content (AvgIpc) is 3.19. The van der Waals surface area contributed by atoms with Crippen LogP contribution < -0.4 is 10.6 Å². The summed E-state index contributed by atoms with van der Waals surface area (Å²) in [6, 6.07) is 11.5. The highest BCUT2D eigenvalue weighted by Gasteiger charge is 2.39. The number of hydrogen-bond acceptors (Lipinski definition) is 4. The van der Waals surface area contributed by atoms with Crippen LogP contribution in [0.5, 0.6) is 0 Å². The van der Waals surface area contributed by atoms with E-state index in [1.807, 2.05) is 12.1 Å². The van der Waals surface area contributed by atoms with Gasteiger partial charge in [-0.3, -0.25) is 9.59 Å². The SMILES string of the molecule is O=C1CCCc2cc(S(=O)(=O)N3CCCC3C(=O)NCCc3ccc(Cl)cc3)ccc2N1. The van der Waals surface area contributed by atoms with Crippen LogP contribution in [0.15, 0.2) is 47.4 Å². The molecule has 2 aromatic carbocycles. The third-order valence-electron chi connectivity index (χ3n) is 5.94. The topological polar surface area (TPSA) is 95.6 Å². The van der Waals surface area contributed by atoms with Crippen LogP contribution in [0.1, 0.15) is 36.8 Å². The number of halogens is 1. The molecule has 1 unspecified atom stereocenters. The molecule has 1 atom stereocenters. The van der Waals surface area contributed by atoms with Gasteiger partial charge < -0.3 is 10.6 Å². The first-order valence-electron chi connectivity index (χ1n) is 10.8. The number of fused-ring (bicyclic) bond motifs is 1. The van der Waals surface area contributed by atoms with E-state index in [0.717, 1.165) is 11.1 Å². The Morgan fingerprint density at radius 2 is 1.91 bits per heavy atom. The second-order valence-electron chi connectivity index (χ2n) is 8.16. The van der Waals surface area contributed by atoms with Gasteiger partial charge in [-0.15, -0.1) is 0 Å². The van der Waals surface area contributed by atoms with Crippen LogP contribution in [0, 0.1) is 0 Å². The van der Waals surface area contributed by atoms with Gasteiger partial charge in [-0.2, -0.15) is 4.31 Å². The molecule has 2 aliphatic heterocycles. The van der Waals surface area contributed by atoms with Gasteiger partial charge in [0.05, 0.1) is 4.90 Å². The molecule has 2 aliphatic rings. The molecule has 0 saturated carbocycles. The summed E-state index contributed by atoms with van der Waals surface area (Å²) in [5.74, 6) is -0.337. The summed E-state index contributed by atoms with van der Waals surface area (Å²) in [6.45, 7) is 0.731. The third kappa shape index (κ3) is 4.98. The number of anilines is 1. The number of carbonyl (C=O) groups excluding carboxylic acids is 2. The zero-order valence-electron chi connectivity index (χ0n) is 17.6. The van der Waals surface area contributed by atoms with Gasteiger partial charge >= 0.3 is 0 Å². The van der Waals surface area contributed by atoms with Crippen molar-refractivity contribution in [3.63, 3.8) is 0 Å². The number of aryl methyl sites for hydroxylation is 1. The Labute approximate surface area is 193 Å². The summed E-state index contributed by atoms with van der Waals surface area (Å²) >= 11 is 5.89. The van der Waals surface area contributed by atoms with Crippen molar-refractivity contribution in [2.45, 2.75) is 49.5 Å². The van der Waals surface area contributed by atoms with Crippen LogP contribution in [0.2, 0.25) is 5.02 Å². The Hall–Kier alpha value is -2.42. The molecule has 32 heavy (non-hydrogen) atoms. The maximum Gasteiger partial charge on any atom is 0.243 e. The van der Waals surface area contributed by atoms with Crippen molar-refractivity contribution in [3.05, 3.63) is 58.6 Å². The van der Waals surface area contributed by atoms with Gasteiger partial charge in [0.2, 0.25) is 21.8 Å². The van der Waals surface area contributed by atoms with Crippen molar-refractivity contribution in [2.75, 3.05) is 18.4 Å². The molecule has 4 rings (SSSR count). The first kappa shape index (κ1) is 22.8. The van der Waals surface area contributed by atoms with Crippen LogP contribution >= 0.6 is 11.6 Å². The highest BCUT2D eigenvalue weighted by molar-refractivity contribution is 7.89. The minimum atomic E-state index is -3.83. The maximum absolute atomic E-state index is 13.4. The maximum atomic E-state index is 13.4. The zero-order valence-corrected chi connectivity index (χ0v) is 19.2. The van der Waals surface area contributed by atoms with E-state index in [9.17, 15) is 18.0 Å². The van der Waals surface area contributed by atoms with E-state index >= 15 is 0 Å². The first-order valence-corrected chi connectivity index (χ1v) is 12.6. The molecule has 0 aliphatic carbocycles. The lowest BCUT2D eigenvalue weighted by molar-refractivity contribution is -0.124. The molecule has 1 saturated heterocycles. The fourth-order valence-corrected chi connectivity index (χ4v) is 6.07. The Balaban J connectivity index is 1.44. The molecule has 0 radical (unpaired) electrons. The molecule has 1 fully saturated rings. The van der Waals surface area contributed by atoms with E-state index < -0.39 is 16.1 Å². The molecule has 2 aromatic rings. The van der Waals surface area contributed by atoms with E-state index in [1.165, 1.54) is 10.4 Å². The van der Waals surface area contributed by atoms with E-state index in [0.29, 0.717) is 62.3 Å². The van der Waals surface area contributed by atoms with Crippen molar-refractivity contribution in [1.29, 1.82) is 0 Å². The van der Waals surface area contributed by atoms with Gasteiger partial charge in [0.25, 0.3) is 0 Å². The molecule has 0 spiro atoms. The highest BCUT2D eigenvalue weighted by Crippen LogP contribution is 2.30. The number of sulfonamides is 1. The first-order chi connectivity index (χ1) is 15.3. The van der Waals surface area contributed by atoms with Crippen LogP contribution in [-0.4, -0.2) is 43.7 Å². The third-order valence-corrected chi connectivity index (χ3v) is 8.10. The van der Waals surface area contributed by atoms with E-state index in [2.05, 4.69) is 10.6 Å². The van der Waals surface area contributed by atoms with Crippen molar-refractivity contribution < 1.29 is 18.0 Å². The number of benzene rings is 2. The Morgan fingerprint density at radius 3 is 2.69 bits per heavy atom. The summed E-state index contributed by atoms with van der Waals surface area (Å²) in [6.07, 6.45) is 3.49. The molecule has 7 nitrogen and oxygen atoms in total. The van der Waals surface area contributed by atoms with Gasteiger partial charge in [0.1, 0.15) is 6.04 Å². The van der Waals surface area contributed by atoms with Crippen molar-refractivity contribution in [3.8, 4) is 0 Å². The van der Waals surface area contributed by atoms with Gasteiger partial charge in [0, 0.05) is 30.2 Å². The summed E-state index contributed by atoms with van der Waals surface area (Å²) in [5, 5.41) is 6.35. The van der Waals surface area contributed by atoms with Crippen LogP contribution in [-0.2, 0) is 32.5 Å². The minimum Gasteiger partial charge on any atom is -0.354 e. The molecular weight excluding hydrogens is 450 g/mol. The van der Waals surface area contributed by atoms with Gasteiger partial charge in [0.15, 0.2) is 0 Å². The molecular formula is C23H26ClN3O4S. The molecule has 0 aromatic heterocycles. The Bertz CT molecular complexity index is 1120. The van der Waals surface area contributed by atoms with Gasteiger partial charge in [-0.25, -0.2) is 8.42 Å². The molecule has 2 N–H and O–H groups in total. The van der Waals surface area contributed by atoms with E-state index in [-0.39, 0.29) is 16.7 Å². The number of hydrogen-bond donors (Lipinski definition) is 2. The predicted molar refractivity (Wildman–Crippen MR) is 123 cm³/mol. The quantitative estimate of drug-likeness (QED) is 0.671. The standard InChI is InChI=1S/C23H26ClN3O4S/c24-18-8-6-16(7-9-18)12-13-25-23(29)21-4-2-14-27(21)32(30,31)19-10-11-20-17(15-19)3-1-5-22(28)26-20/h6-11,15,21H,1-5,12-14H2,(H,25,29)(H,26,28). The van der Waals surface area contributed by atoms with E-state index in [1.54, 1.807) is 24.3 Å². The summed E-state index contributed by atoms with van der Waals surface area (Å²) < 4.78 is 28.0. The minimum absolute atomic E-state index is 0.0609. The number of rotatable bonds is 6. The number of nitrogens with zero attached hydrogens (tertiary/aromatic N) is 1. The normalized spacial score (nSPS) is 19.2. The summed E-state index contributed by atoms with van der Waals surface area (Å²) in [7, 11) is -3.83. The van der Waals surface area contributed by atoms with Crippen molar-refractivity contribution >= 4 is 39.1 Å². The second kappa shape index (κ2) is 9.60. The molecule has 2 amide bonds. The lowest BCUT2D eigenvalue weighted by Crippen LogP contribution is -2.46. The highest BCUT2D eigenvalue weighted by atomic mass is 35.5. The number of carbonyl (C=O) groups is 2. The van der Waals surface area contributed by atoms with Crippen LogP contribution in [0.4, 0.5) is 5.69 Å². The summed E-state index contributed by atoms with van der Waals surface area (Å²) in [4.78, 5) is 24.7. The number of nitrogens with one attached hydrogen (secondary N) is 2. The van der Waals surface area contributed by atoms with Crippen molar-refractivity contribution in [2.24, 2.45) is 0 Å². The lowest BCUT2D eigenvalue weighted by atomic mass is 10.1. The fourth-order valence-electron chi connectivity index (χ4n) is 4.24. The molecule has 0 bridgehead atoms. The largest absolute Gasteiger partial charge is 0.354 e. The van der Waals surface area contributed by atoms with Crippen molar-refractivity contribution in [1.82, 2.24) is 9.62 Å². The smallest absolute Gasteiger partial charge is 0.243 e. The fraction of sp³-hybridized carbons (Fsp3) is 0.391. The van der Waals surface area contributed by atoms with E-state index in [4.69, 9.17) is 11.6 Å². The monoisotopic (exact) mass is 475 g/mol. The lowest BCUT2D eigenvalue weighted by Gasteiger charge is -2.24. The van der Waals surface area contributed by atoms with Gasteiger partial charge in [-0.1, -0.05) is 23.7 Å².